The minimum Gasteiger partial charge on any atom is -0.256 e. The second-order valence-corrected chi connectivity index (χ2v) is 11.9. The van der Waals surface area contributed by atoms with Crippen LogP contribution < -0.4 is 0 Å². The molecule has 0 spiro atoms. The second kappa shape index (κ2) is 10.0. The van der Waals surface area contributed by atoms with Crippen molar-refractivity contribution in [3.8, 4) is 42.6 Å². The molecular formula is C31H21N4S3+. The van der Waals surface area contributed by atoms with Gasteiger partial charge in [0.2, 0.25) is 5.71 Å². The first-order valence-corrected chi connectivity index (χ1v) is 14.8. The summed E-state index contributed by atoms with van der Waals surface area (Å²) < 4.78 is 1.95. The summed E-state index contributed by atoms with van der Waals surface area (Å²) in [5, 5.41) is 13.3. The van der Waals surface area contributed by atoms with Gasteiger partial charge >= 0.3 is 0 Å². The van der Waals surface area contributed by atoms with Gasteiger partial charge < -0.3 is 0 Å². The summed E-state index contributed by atoms with van der Waals surface area (Å²) >= 11 is 5.32. The summed E-state index contributed by atoms with van der Waals surface area (Å²) in [6, 6.07) is 34.1. The maximum Gasteiger partial charge on any atom is 0.241 e. The fourth-order valence-corrected chi connectivity index (χ4v) is 6.93. The van der Waals surface area contributed by atoms with E-state index in [0.717, 1.165) is 27.5 Å². The monoisotopic (exact) mass is 545 g/mol. The van der Waals surface area contributed by atoms with Crippen molar-refractivity contribution in [2.75, 3.05) is 6.54 Å². The van der Waals surface area contributed by atoms with Gasteiger partial charge in [0.05, 0.1) is 15.7 Å². The van der Waals surface area contributed by atoms with Crippen LogP contribution in [0.15, 0.2) is 124 Å². The lowest BCUT2D eigenvalue weighted by molar-refractivity contribution is -0.492. The summed E-state index contributed by atoms with van der Waals surface area (Å²) in [6.07, 6.45) is 1.82. The van der Waals surface area contributed by atoms with Gasteiger partial charge in [-0.1, -0.05) is 30.3 Å². The van der Waals surface area contributed by atoms with E-state index in [4.69, 9.17) is 0 Å². The van der Waals surface area contributed by atoms with Gasteiger partial charge in [0.15, 0.2) is 12.2 Å². The molecule has 0 unspecified atom stereocenters. The van der Waals surface area contributed by atoms with Crippen LogP contribution in [0.3, 0.4) is 0 Å². The van der Waals surface area contributed by atoms with E-state index in [1.165, 1.54) is 31.3 Å². The minimum atomic E-state index is 0.640. The van der Waals surface area contributed by atoms with Crippen molar-refractivity contribution in [1.82, 2.24) is 4.98 Å². The highest BCUT2D eigenvalue weighted by atomic mass is 32.1. The maximum atomic E-state index is 4.56. The Hall–Kier alpha value is -4.04. The highest BCUT2D eigenvalue weighted by Gasteiger charge is 2.26. The summed E-state index contributed by atoms with van der Waals surface area (Å²) in [4.78, 5) is 9.42. The van der Waals surface area contributed by atoms with Crippen molar-refractivity contribution in [3.05, 3.63) is 119 Å². The first-order chi connectivity index (χ1) is 18.8. The molecule has 7 rings (SSSR count). The van der Waals surface area contributed by atoms with Gasteiger partial charge in [0.25, 0.3) is 0 Å². The van der Waals surface area contributed by atoms with Crippen LogP contribution in [0.5, 0.6) is 0 Å². The van der Waals surface area contributed by atoms with Crippen LogP contribution in [0.25, 0.3) is 42.6 Å². The second-order valence-electron chi connectivity index (χ2n) is 8.88. The smallest absolute Gasteiger partial charge is 0.241 e. The van der Waals surface area contributed by atoms with Crippen LogP contribution in [0.4, 0.5) is 5.69 Å². The average Bonchev–Trinajstić information content (AvgIpc) is 3.80. The SMILES string of the molecule is c1ccc(-c2cccc([N+]3=NN=C(c4ccc(-c5cc(-c6cccs6)cc(-c6cccs6)c5)s4)C3)c2)nc1. The van der Waals surface area contributed by atoms with E-state index >= 15 is 0 Å². The lowest BCUT2D eigenvalue weighted by Crippen LogP contribution is -2.10. The molecule has 1 aliphatic rings. The number of aromatic nitrogens is 1. The molecule has 0 fully saturated rings. The van der Waals surface area contributed by atoms with Crippen molar-refractivity contribution >= 4 is 45.4 Å². The van der Waals surface area contributed by atoms with Crippen LogP contribution in [0, 0.1) is 0 Å². The molecule has 6 aromatic rings. The van der Waals surface area contributed by atoms with Crippen LogP contribution in [0.2, 0.25) is 0 Å². The Bertz CT molecular complexity index is 1730. The van der Waals surface area contributed by atoms with E-state index in [-0.39, 0.29) is 0 Å². The predicted molar refractivity (Wildman–Crippen MR) is 160 cm³/mol. The molecule has 0 saturated carbocycles. The molecule has 5 heterocycles. The van der Waals surface area contributed by atoms with Gasteiger partial charge in [0, 0.05) is 26.4 Å². The highest BCUT2D eigenvalue weighted by Crippen LogP contribution is 2.38. The van der Waals surface area contributed by atoms with Crippen LogP contribution in [-0.4, -0.2) is 21.9 Å². The van der Waals surface area contributed by atoms with Gasteiger partial charge in [-0.25, -0.2) is 0 Å². The molecule has 0 N–H and O–H groups in total. The molecular weight excluding hydrogens is 525 g/mol. The lowest BCUT2D eigenvalue weighted by Gasteiger charge is -2.07. The summed E-state index contributed by atoms with van der Waals surface area (Å²) in [7, 11) is 0. The van der Waals surface area contributed by atoms with E-state index in [1.807, 2.05) is 35.2 Å². The fraction of sp³-hybridized carbons (Fsp3) is 0.0323. The Balaban J connectivity index is 1.16. The quantitative estimate of drug-likeness (QED) is 0.192. The number of benzene rings is 2. The van der Waals surface area contributed by atoms with Gasteiger partial charge in [-0.15, -0.1) is 38.7 Å². The lowest BCUT2D eigenvalue weighted by atomic mass is 10.0. The standard InChI is InChI=1S/C31H21N4S3/c1-2-13-32-26(8-1)21-6-3-7-25(19-21)35-20-27(33-34-35)31-12-11-30(38-31)24-17-22(28-9-4-14-36-28)16-23(18-24)29-10-5-15-37-29/h1-19H,20H2/q+1. The van der Waals surface area contributed by atoms with Crippen molar-refractivity contribution in [2.45, 2.75) is 0 Å². The molecule has 0 radical (unpaired) electrons. The molecule has 1 aliphatic heterocycles. The Morgan fingerprint density at radius 3 is 2.03 bits per heavy atom. The fourth-order valence-electron chi connectivity index (χ4n) is 4.53. The average molecular weight is 546 g/mol. The molecule has 4 nitrogen and oxygen atoms in total. The molecule has 2 aromatic carbocycles. The zero-order valence-electron chi connectivity index (χ0n) is 20.2. The molecule has 4 aromatic heterocycles. The maximum absolute atomic E-state index is 4.56. The van der Waals surface area contributed by atoms with E-state index < -0.39 is 0 Å². The zero-order valence-corrected chi connectivity index (χ0v) is 22.6. The Morgan fingerprint density at radius 1 is 0.605 bits per heavy atom. The van der Waals surface area contributed by atoms with Crippen molar-refractivity contribution in [2.24, 2.45) is 10.3 Å². The summed E-state index contributed by atoms with van der Waals surface area (Å²) in [5.41, 5.74) is 7.74. The third-order valence-electron chi connectivity index (χ3n) is 6.40. The van der Waals surface area contributed by atoms with Crippen molar-refractivity contribution < 1.29 is 4.70 Å². The molecule has 7 heteroatoms. The van der Waals surface area contributed by atoms with E-state index in [0.29, 0.717) is 6.54 Å². The topological polar surface area (TPSA) is 40.6 Å². The summed E-state index contributed by atoms with van der Waals surface area (Å²) in [6.45, 7) is 0.640. The highest BCUT2D eigenvalue weighted by molar-refractivity contribution is 7.17. The normalized spacial score (nSPS) is 12.9. The zero-order chi connectivity index (χ0) is 25.3. The first kappa shape index (κ1) is 23.1. The molecule has 0 saturated heterocycles. The molecule has 0 aliphatic carbocycles. The first-order valence-electron chi connectivity index (χ1n) is 12.2. The van der Waals surface area contributed by atoms with Gasteiger partial charge in [-0.05, 0) is 94.2 Å². The van der Waals surface area contributed by atoms with E-state index in [9.17, 15) is 0 Å². The number of thiophene rings is 3. The van der Waals surface area contributed by atoms with Gasteiger partial charge in [-0.2, -0.15) is 0 Å². The van der Waals surface area contributed by atoms with Crippen molar-refractivity contribution in [3.63, 3.8) is 0 Å². The number of hydrogen-bond acceptors (Lipinski definition) is 6. The van der Waals surface area contributed by atoms with Crippen LogP contribution in [-0.2, 0) is 0 Å². The molecule has 0 bridgehead atoms. The van der Waals surface area contributed by atoms with Crippen molar-refractivity contribution in [1.29, 1.82) is 0 Å². The predicted octanol–water partition coefficient (Wildman–Crippen LogP) is 9.45. The number of pyridine rings is 1. The molecule has 38 heavy (non-hydrogen) atoms. The van der Waals surface area contributed by atoms with Gasteiger partial charge in [-0.3, -0.25) is 4.98 Å². The molecule has 182 valence electrons. The van der Waals surface area contributed by atoms with Crippen LogP contribution in [0.1, 0.15) is 4.88 Å². The molecule has 0 amide bonds. The number of hydrogen-bond donors (Lipinski definition) is 0. The van der Waals surface area contributed by atoms with E-state index in [2.05, 4.69) is 98.9 Å². The van der Waals surface area contributed by atoms with Crippen LogP contribution >= 0.6 is 34.0 Å². The van der Waals surface area contributed by atoms with E-state index in [1.54, 1.807) is 34.0 Å². The minimum absolute atomic E-state index is 0.640. The number of rotatable bonds is 6. The largest absolute Gasteiger partial charge is 0.256 e. The number of nitrogens with zero attached hydrogens (tertiary/aromatic N) is 4. The summed E-state index contributed by atoms with van der Waals surface area (Å²) in [5.74, 6) is 0. The Kier molecular flexibility index (Phi) is 6.09. The Labute approximate surface area is 232 Å². The van der Waals surface area contributed by atoms with Gasteiger partial charge in [0.1, 0.15) is 5.22 Å². The Morgan fingerprint density at radius 2 is 1.34 bits per heavy atom. The third kappa shape index (κ3) is 4.56. The third-order valence-corrected chi connectivity index (χ3v) is 9.42. The molecule has 0 atom stereocenters.